The zero-order valence-electron chi connectivity index (χ0n) is 17.9. The Labute approximate surface area is 193 Å². The Balaban J connectivity index is 1.36. The molecule has 3 aromatic carbocycles. The van der Waals surface area contributed by atoms with E-state index < -0.39 is 5.91 Å². The summed E-state index contributed by atoms with van der Waals surface area (Å²) in [6.07, 6.45) is 3.02. The number of benzene rings is 3. The molecule has 0 aliphatic rings. The number of carbonyl (C=O) groups excluding carboxylic acids is 1. The molecule has 33 heavy (non-hydrogen) atoms. The predicted octanol–water partition coefficient (Wildman–Crippen LogP) is 4.74. The number of nitrogens with zero attached hydrogens (tertiary/aromatic N) is 3. The number of hydrazone groups is 1. The number of carbonyl (C=O) groups is 1. The molecule has 0 atom stereocenters. The molecule has 1 amide bonds. The lowest BCUT2D eigenvalue weighted by Gasteiger charge is -2.06. The van der Waals surface area contributed by atoms with Gasteiger partial charge in [0.1, 0.15) is 11.4 Å². The SMILES string of the molecule is Cc1ccc(-c2csc3ncn(CC(=O)N/N=C\c4cccc5ccccc45)c(=O)c23)cc1. The topological polar surface area (TPSA) is 76.3 Å². The van der Waals surface area contributed by atoms with Crippen LogP contribution in [0.4, 0.5) is 0 Å². The van der Waals surface area contributed by atoms with Crippen LogP contribution in [0.3, 0.4) is 0 Å². The molecule has 0 aliphatic carbocycles. The van der Waals surface area contributed by atoms with E-state index >= 15 is 0 Å². The molecule has 0 radical (unpaired) electrons. The third-order valence-electron chi connectivity index (χ3n) is 5.45. The van der Waals surface area contributed by atoms with Crippen LogP contribution in [0.15, 0.2) is 88.3 Å². The van der Waals surface area contributed by atoms with Gasteiger partial charge in [0.05, 0.1) is 17.9 Å². The van der Waals surface area contributed by atoms with Crippen LogP contribution in [0, 0.1) is 6.92 Å². The molecule has 0 aliphatic heterocycles. The van der Waals surface area contributed by atoms with Crippen molar-refractivity contribution in [1.82, 2.24) is 15.0 Å². The van der Waals surface area contributed by atoms with Crippen molar-refractivity contribution in [2.75, 3.05) is 0 Å². The lowest BCUT2D eigenvalue weighted by molar-refractivity contribution is -0.121. The van der Waals surface area contributed by atoms with Crippen LogP contribution in [0.25, 0.3) is 32.1 Å². The second kappa shape index (κ2) is 8.80. The fourth-order valence-corrected chi connectivity index (χ4v) is 4.66. The lowest BCUT2D eigenvalue weighted by Crippen LogP contribution is -2.30. The third kappa shape index (κ3) is 4.18. The summed E-state index contributed by atoms with van der Waals surface area (Å²) in [6.45, 7) is 1.85. The number of hydrogen-bond donors (Lipinski definition) is 1. The van der Waals surface area contributed by atoms with E-state index in [1.165, 1.54) is 22.2 Å². The number of hydrogen-bond acceptors (Lipinski definition) is 5. The van der Waals surface area contributed by atoms with Crippen LogP contribution < -0.4 is 11.0 Å². The van der Waals surface area contributed by atoms with Gasteiger partial charge in [-0.1, -0.05) is 72.3 Å². The van der Waals surface area contributed by atoms with Gasteiger partial charge in [0.15, 0.2) is 0 Å². The van der Waals surface area contributed by atoms with Crippen LogP contribution >= 0.6 is 11.3 Å². The summed E-state index contributed by atoms with van der Waals surface area (Å²) in [5.74, 6) is -0.401. The minimum atomic E-state index is -0.401. The van der Waals surface area contributed by atoms with Crippen LogP contribution in [0.5, 0.6) is 0 Å². The van der Waals surface area contributed by atoms with Crippen molar-refractivity contribution in [3.05, 3.63) is 99.9 Å². The van der Waals surface area contributed by atoms with E-state index in [1.807, 2.05) is 79.0 Å². The average molecular weight is 453 g/mol. The van der Waals surface area contributed by atoms with E-state index in [2.05, 4.69) is 15.5 Å². The highest BCUT2D eigenvalue weighted by Gasteiger charge is 2.14. The molecule has 0 bridgehead atoms. The molecular weight excluding hydrogens is 432 g/mol. The first-order valence-corrected chi connectivity index (χ1v) is 11.3. The summed E-state index contributed by atoms with van der Waals surface area (Å²) in [5.41, 5.74) is 6.09. The minimum absolute atomic E-state index is 0.169. The number of nitrogens with one attached hydrogen (secondary N) is 1. The maximum Gasteiger partial charge on any atom is 0.263 e. The van der Waals surface area contributed by atoms with E-state index in [0.29, 0.717) is 10.2 Å². The smallest absolute Gasteiger partial charge is 0.263 e. The van der Waals surface area contributed by atoms with Gasteiger partial charge in [-0.2, -0.15) is 5.10 Å². The van der Waals surface area contributed by atoms with Crippen LogP contribution in [0.2, 0.25) is 0 Å². The molecule has 5 rings (SSSR count). The third-order valence-corrected chi connectivity index (χ3v) is 6.34. The molecule has 5 aromatic rings. The van der Waals surface area contributed by atoms with Crippen molar-refractivity contribution in [2.45, 2.75) is 13.5 Å². The number of thiophene rings is 1. The summed E-state index contributed by atoms with van der Waals surface area (Å²) in [4.78, 5) is 30.7. The van der Waals surface area contributed by atoms with E-state index in [1.54, 1.807) is 6.21 Å². The van der Waals surface area contributed by atoms with Crippen molar-refractivity contribution in [1.29, 1.82) is 0 Å². The normalized spacial score (nSPS) is 11.4. The van der Waals surface area contributed by atoms with Gasteiger partial charge in [-0.05, 0) is 23.3 Å². The Kier molecular flexibility index (Phi) is 5.54. The molecule has 0 saturated carbocycles. The van der Waals surface area contributed by atoms with Gasteiger partial charge < -0.3 is 0 Å². The molecule has 6 nitrogen and oxygen atoms in total. The fraction of sp³-hybridized carbons (Fsp3) is 0.0769. The highest BCUT2D eigenvalue weighted by molar-refractivity contribution is 7.17. The maximum atomic E-state index is 13.1. The Morgan fingerprint density at radius 2 is 1.88 bits per heavy atom. The van der Waals surface area contributed by atoms with Gasteiger partial charge in [0.25, 0.3) is 11.5 Å². The highest BCUT2D eigenvalue weighted by Crippen LogP contribution is 2.30. The van der Waals surface area contributed by atoms with Crippen molar-refractivity contribution in [3.63, 3.8) is 0 Å². The fourth-order valence-electron chi connectivity index (χ4n) is 3.75. The van der Waals surface area contributed by atoms with E-state index in [9.17, 15) is 9.59 Å². The zero-order chi connectivity index (χ0) is 22.8. The zero-order valence-corrected chi connectivity index (χ0v) is 18.7. The van der Waals surface area contributed by atoms with Crippen LogP contribution in [0.1, 0.15) is 11.1 Å². The van der Waals surface area contributed by atoms with Gasteiger partial charge in [-0.3, -0.25) is 14.2 Å². The Morgan fingerprint density at radius 3 is 2.73 bits per heavy atom. The van der Waals surface area contributed by atoms with Gasteiger partial charge in [-0.15, -0.1) is 11.3 Å². The largest absolute Gasteiger partial charge is 0.289 e. The van der Waals surface area contributed by atoms with Gasteiger partial charge >= 0.3 is 0 Å². The predicted molar refractivity (Wildman–Crippen MR) is 134 cm³/mol. The Bertz CT molecular complexity index is 1560. The molecule has 7 heteroatoms. The van der Waals surface area contributed by atoms with Crippen LogP contribution in [-0.4, -0.2) is 21.7 Å². The monoisotopic (exact) mass is 452 g/mol. The quantitative estimate of drug-likeness (QED) is 0.309. The maximum absolute atomic E-state index is 13.1. The molecule has 0 unspecified atom stereocenters. The summed E-state index contributed by atoms with van der Waals surface area (Å²) in [7, 11) is 0. The van der Waals surface area contributed by atoms with Gasteiger partial charge in [0.2, 0.25) is 0 Å². The summed E-state index contributed by atoms with van der Waals surface area (Å²) in [5, 5.41) is 8.69. The standard InChI is InChI=1S/C26H20N4O2S/c1-17-9-11-19(12-10-17)22-15-33-25-24(22)26(32)30(16-27-25)14-23(31)29-28-13-20-7-4-6-18-5-2-3-8-21(18)20/h2-13,15-16H,14H2,1H3,(H,29,31)/b28-13-. The van der Waals surface area contributed by atoms with Gasteiger partial charge in [0, 0.05) is 16.5 Å². The van der Waals surface area contributed by atoms with Crippen molar-refractivity contribution in [3.8, 4) is 11.1 Å². The molecule has 2 heterocycles. The first kappa shape index (κ1) is 20.8. The molecule has 0 fully saturated rings. The average Bonchev–Trinajstić information content (AvgIpc) is 3.26. The summed E-state index contributed by atoms with van der Waals surface area (Å²) >= 11 is 1.42. The Hall–Kier alpha value is -4.10. The number of fused-ring (bicyclic) bond motifs is 2. The molecule has 162 valence electrons. The number of amides is 1. The second-order valence-corrected chi connectivity index (χ2v) is 8.59. The molecule has 1 N–H and O–H groups in total. The highest BCUT2D eigenvalue weighted by atomic mass is 32.1. The van der Waals surface area contributed by atoms with Crippen LogP contribution in [-0.2, 0) is 11.3 Å². The molecule has 0 spiro atoms. The number of aromatic nitrogens is 2. The number of rotatable bonds is 5. The minimum Gasteiger partial charge on any atom is -0.289 e. The molecule has 2 aromatic heterocycles. The molecular formula is C26H20N4O2S. The summed E-state index contributed by atoms with van der Waals surface area (Å²) in [6, 6.07) is 21.9. The Morgan fingerprint density at radius 1 is 1.09 bits per heavy atom. The first-order valence-electron chi connectivity index (χ1n) is 10.4. The lowest BCUT2D eigenvalue weighted by atomic mass is 10.1. The number of aryl methyl sites for hydroxylation is 1. The van der Waals surface area contributed by atoms with E-state index in [-0.39, 0.29) is 12.1 Å². The van der Waals surface area contributed by atoms with Crippen molar-refractivity contribution >= 4 is 44.4 Å². The van der Waals surface area contributed by atoms with E-state index in [0.717, 1.165) is 33.0 Å². The second-order valence-electron chi connectivity index (χ2n) is 7.73. The summed E-state index contributed by atoms with van der Waals surface area (Å²) < 4.78 is 1.31. The molecule has 0 saturated heterocycles. The van der Waals surface area contributed by atoms with E-state index in [4.69, 9.17) is 0 Å². The van der Waals surface area contributed by atoms with Crippen molar-refractivity contribution < 1.29 is 4.79 Å². The van der Waals surface area contributed by atoms with Gasteiger partial charge in [-0.25, -0.2) is 10.4 Å². The van der Waals surface area contributed by atoms with Crippen molar-refractivity contribution in [2.24, 2.45) is 5.10 Å². The first-order chi connectivity index (χ1) is 16.1.